The van der Waals surface area contributed by atoms with Crippen LogP contribution in [0.15, 0.2) is 87.8 Å². The minimum absolute atomic E-state index is 0.194. The number of aromatic nitrogens is 1. The van der Waals surface area contributed by atoms with E-state index < -0.39 is 12.0 Å². The fraction of sp³-hybridized carbons (Fsp3) is 0.219. The van der Waals surface area contributed by atoms with Gasteiger partial charge in [0.15, 0.2) is 16.3 Å². The molecule has 2 heterocycles. The summed E-state index contributed by atoms with van der Waals surface area (Å²) in [6, 6.07) is 19.4. The molecule has 0 saturated heterocycles. The molecule has 1 aliphatic rings. The van der Waals surface area contributed by atoms with E-state index in [2.05, 4.69) is 4.99 Å². The zero-order valence-electron chi connectivity index (χ0n) is 23.5. The van der Waals surface area contributed by atoms with Gasteiger partial charge in [0.05, 0.1) is 36.6 Å². The molecule has 1 atom stereocenters. The van der Waals surface area contributed by atoms with E-state index in [1.165, 1.54) is 15.9 Å². The predicted octanol–water partition coefficient (Wildman–Crippen LogP) is 5.05. The first-order valence-corrected chi connectivity index (χ1v) is 14.4. The number of esters is 1. The molecule has 1 unspecified atom stereocenters. The van der Waals surface area contributed by atoms with Crippen molar-refractivity contribution >= 4 is 35.0 Å². The Morgan fingerprint density at radius 1 is 1.02 bits per heavy atom. The summed E-state index contributed by atoms with van der Waals surface area (Å²) >= 11 is 7.22. The molecule has 4 aromatic rings. The van der Waals surface area contributed by atoms with E-state index in [0.29, 0.717) is 55.0 Å². The Kier molecular flexibility index (Phi) is 8.80. The Morgan fingerprint density at radius 3 is 2.48 bits per heavy atom. The predicted molar refractivity (Wildman–Crippen MR) is 162 cm³/mol. The van der Waals surface area contributed by atoms with Crippen molar-refractivity contribution < 1.29 is 23.7 Å². The van der Waals surface area contributed by atoms with Gasteiger partial charge in [-0.2, -0.15) is 0 Å². The molecule has 0 amide bonds. The molecule has 0 spiro atoms. The lowest BCUT2D eigenvalue weighted by Gasteiger charge is -2.25. The minimum Gasteiger partial charge on any atom is -0.496 e. The number of hydrogen-bond donors (Lipinski definition) is 0. The number of nitrogens with zero attached hydrogens (tertiary/aromatic N) is 2. The maximum atomic E-state index is 13.9. The minimum atomic E-state index is -0.767. The Balaban J connectivity index is 1.56. The van der Waals surface area contributed by atoms with Gasteiger partial charge in [-0.3, -0.25) is 9.36 Å². The van der Waals surface area contributed by atoms with E-state index >= 15 is 0 Å². The summed E-state index contributed by atoms with van der Waals surface area (Å²) in [6.45, 7) is 4.03. The molecule has 42 heavy (non-hydrogen) atoms. The number of rotatable bonds is 9. The van der Waals surface area contributed by atoms with Crippen molar-refractivity contribution in [1.29, 1.82) is 0 Å². The van der Waals surface area contributed by atoms with Crippen molar-refractivity contribution in [2.24, 2.45) is 4.99 Å². The van der Waals surface area contributed by atoms with Crippen LogP contribution in [0.4, 0.5) is 0 Å². The lowest BCUT2D eigenvalue weighted by atomic mass is 9.95. The lowest BCUT2D eigenvalue weighted by molar-refractivity contribution is -0.139. The maximum Gasteiger partial charge on any atom is 0.338 e. The van der Waals surface area contributed by atoms with E-state index in [1.807, 2.05) is 54.6 Å². The summed E-state index contributed by atoms with van der Waals surface area (Å²) in [7, 11) is 3.12. The van der Waals surface area contributed by atoms with Gasteiger partial charge >= 0.3 is 5.97 Å². The first kappa shape index (κ1) is 29.2. The second-order valence-corrected chi connectivity index (χ2v) is 10.8. The largest absolute Gasteiger partial charge is 0.496 e. The molecule has 3 aromatic carbocycles. The van der Waals surface area contributed by atoms with Crippen LogP contribution in [-0.4, -0.2) is 31.4 Å². The molecule has 216 valence electrons. The quantitative estimate of drug-likeness (QED) is 0.249. The molecular weight excluding hydrogens is 576 g/mol. The van der Waals surface area contributed by atoms with Gasteiger partial charge in [-0.05, 0) is 61.4 Å². The first-order chi connectivity index (χ1) is 20.3. The Morgan fingerprint density at radius 2 is 1.76 bits per heavy atom. The van der Waals surface area contributed by atoms with Crippen molar-refractivity contribution in [2.45, 2.75) is 26.5 Å². The summed E-state index contributed by atoms with van der Waals surface area (Å²) in [5.74, 6) is 1.12. The number of halogens is 1. The fourth-order valence-corrected chi connectivity index (χ4v) is 5.94. The monoisotopic (exact) mass is 604 g/mol. The van der Waals surface area contributed by atoms with Crippen LogP contribution in [0.2, 0.25) is 5.02 Å². The summed E-state index contributed by atoms with van der Waals surface area (Å²) < 4.78 is 24.5. The number of carbonyl (C=O) groups is 1. The van der Waals surface area contributed by atoms with Crippen LogP contribution in [0.25, 0.3) is 6.08 Å². The van der Waals surface area contributed by atoms with Gasteiger partial charge in [-0.25, -0.2) is 9.79 Å². The maximum absolute atomic E-state index is 13.9. The zero-order valence-corrected chi connectivity index (χ0v) is 25.1. The Labute approximate surface area is 251 Å². The average molecular weight is 605 g/mol. The molecule has 0 saturated carbocycles. The third-order valence-electron chi connectivity index (χ3n) is 6.74. The fourth-order valence-electron chi connectivity index (χ4n) is 4.76. The number of para-hydroxylation sites is 1. The Bertz CT molecular complexity index is 1840. The van der Waals surface area contributed by atoms with Crippen LogP contribution >= 0.6 is 22.9 Å². The third kappa shape index (κ3) is 5.84. The van der Waals surface area contributed by atoms with Crippen molar-refractivity contribution in [3.63, 3.8) is 0 Å². The van der Waals surface area contributed by atoms with E-state index in [4.69, 9.17) is 30.5 Å². The molecule has 0 fully saturated rings. The van der Waals surface area contributed by atoms with Gasteiger partial charge in [-0.15, -0.1) is 0 Å². The number of thiazole rings is 1. The summed E-state index contributed by atoms with van der Waals surface area (Å²) in [6.07, 6.45) is 1.78. The van der Waals surface area contributed by atoms with Gasteiger partial charge in [-0.1, -0.05) is 59.3 Å². The van der Waals surface area contributed by atoms with E-state index in [0.717, 1.165) is 11.1 Å². The van der Waals surface area contributed by atoms with Gasteiger partial charge in [0.2, 0.25) is 0 Å². The van der Waals surface area contributed by atoms with Crippen LogP contribution in [0.5, 0.6) is 17.2 Å². The smallest absolute Gasteiger partial charge is 0.338 e. The molecule has 1 aromatic heterocycles. The highest BCUT2D eigenvalue weighted by molar-refractivity contribution is 7.07. The lowest BCUT2D eigenvalue weighted by Crippen LogP contribution is -2.40. The van der Waals surface area contributed by atoms with Crippen molar-refractivity contribution in [1.82, 2.24) is 4.57 Å². The normalized spacial score (nSPS) is 14.7. The Hall–Kier alpha value is -4.34. The molecule has 1 aliphatic heterocycles. The van der Waals surface area contributed by atoms with Gasteiger partial charge in [0.25, 0.3) is 5.56 Å². The van der Waals surface area contributed by atoms with Crippen molar-refractivity contribution in [3.05, 3.63) is 119 Å². The molecule has 0 N–H and O–H groups in total. The third-order valence-corrected chi connectivity index (χ3v) is 7.98. The van der Waals surface area contributed by atoms with Crippen LogP contribution in [0.1, 0.15) is 36.6 Å². The van der Waals surface area contributed by atoms with Gasteiger partial charge in [0, 0.05) is 10.6 Å². The van der Waals surface area contributed by atoms with Crippen LogP contribution in [0, 0.1) is 0 Å². The summed E-state index contributed by atoms with van der Waals surface area (Å²) in [5.41, 5.74) is 2.87. The number of ether oxygens (including phenoxy) is 4. The average Bonchev–Trinajstić information content (AvgIpc) is 3.30. The number of fused-ring (bicyclic) bond motifs is 1. The van der Waals surface area contributed by atoms with E-state index in [-0.39, 0.29) is 12.2 Å². The number of hydrogen-bond acceptors (Lipinski definition) is 8. The molecule has 0 aliphatic carbocycles. The standard InChI is InChI=1S/C32H29ClN2O6S/c1-5-40-31(37)28-19(2)34-32-35(29(28)23-8-6-7-9-24(23)38-3)30(36)27(42-32)17-21-12-15-25(26(16-21)39-4)41-18-20-10-13-22(33)14-11-20/h6-17,29H,5,18H2,1-4H3/b27-17-. The molecule has 5 rings (SSSR count). The summed E-state index contributed by atoms with van der Waals surface area (Å²) in [4.78, 5) is 32.2. The SMILES string of the molecule is CCOC(=O)C1=C(C)N=c2s/c(=C\c3ccc(OCc4ccc(Cl)cc4)c(OC)c3)c(=O)n2C1c1ccccc1OC. The second-order valence-electron chi connectivity index (χ2n) is 9.37. The highest BCUT2D eigenvalue weighted by Gasteiger charge is 2.34. The zero-order chi connectivity index (χ0) is 29.8. The van der Waals surface area contributed by atoms with E-state index in [9.17, 15) is 9.59 Å². The molecule has 10 heteroatoms. The van der Waals surface area contributed by atoms with Crippen molar-refractivity contribution in [3.8, 4) is 17.2 Å². The highest BCUT2D eigenvalue weighted by Crippen LogP contribution is 2.35. The number of carbonyl (C=O) groups excluding carboxylic acids is 1. The molecule has 8 nitrogen and oxygen atoms in total. The summed E-state index contributed by atoms with van der Waals surface area (Å²) in [5, 5.41) is 0.660. The number of allylic oxidation sites excluding steroid dienone is 1. The van der Waals surface area contributed by atoms with Crippen LogP contribution in [0.3, 0.4) is 0 Å². The number of methoxy groups -OCH3 is 2. The van der Waals surface area contributed by atoms with Gasteiger partial charge < -0.3 is 18.9 Å². The van der Waals surface area contributed by atoms with Crippen LogP contribution in [-0.2, 0) is 16.1 Å². The second kappa shape index (κ2) is 12.7. The van der Waals surface area contributed by atoms with Gasteiger partial charge in [0.1, 0.15) is 18.4 Å². The molecular formula is C32H29ClN2O6S. The first-order valence-electron chi connectivity index (χ1n) is 13.2. The van der Waals surface area contributed by atoms with Crippen LogP contribution < -0.4 is 29.1 Å². The molecule has 0 bridgehead atoms. The molecule has 0 radical (unpaired) electrons. The van der Waals surface area contributed by atoms with E-state index in [1.54, 1.807) is 46.3 Å². The van der Waals surface area contributed by atoms with Crippen molar-refractivity contribution in [2.75, 3.05) is 20.8 Å². The number of benzene rings is 3. The topological polar surface area (TPSA) is 88.4 Å². The highest BCUT2D eigenvalue weighted by atomic mass is 35.5.